The van der Waals surface area contributed by atoms with Crippen LogP contribution in [0.5, 0.6) is 0 Å². The molecule has 108 valence electrons. The monoisotopic (exact) mass is 311 g/mol. The first-order valence-electron chi connectivity index (χ1n) is 6.26. The number of sulfonamides is 1. The van der Waals surface area contributed by atoms with Crippen molar-refractivity contribution in [3.8, 4) is 0 Å². The fraction of sp³-hybridized carbons (Fsp3) is 0.308. The molecular weight excluding hydrogens is 294 g/mol. The highest BCUT2D eigenvalue weighted by Crippen LogP contribution is 2.16. The third-order valence-corrected chi connectivity index (χ3v) is 5.38. The van der Waals surface area contributed by atoms with E-state index in [4.69, 9.17) is 0 Å². The number of hydrogen-bond acceptors (Lipinski definition) is 5. The Labute approximate surface area is 123 Å². The molecule has 0 saturated carbocycles. The highest BCUT2D eigenvalue weighted by molar-refractivity contribution is 7.89. The Morgan fingerprint density at radius 2 is 1.95 bits per heavy atom. The van der Waals surface area contributed by atoms with Gasteiger partial charge >= 0.3 is 0 Å². The van der Waals surface area contributed by atoms with E-state index in [0.717, 1.165) is 22.0 Å². The van der Waals surface area contributed by atoms with Crippen molar-refractivity contribution in [1.82, 2.24) is 9.71 Å². The van der Waals surface area contributed by atoms with Crippen molar-refractivity contribution in [3.05, 3.63) is 40.3 Å². The Hall–Kier alpha value is -1.44. The average molecular weight is 311 g/mol. The first-order valence-corrected chi connectivity index (χ1v) is 8.56. The van der Waals surface area contributed by atoms with Crippen LogP contribution in [0.25, 0.3) is 0 Å². The van der Waals surface area contributed by atoms with Gasteiger partial charge in [0.05, 0.1) is 11.4 Å². The SMILES string of the molecule is CCc1cnc(CNS(=O)(=O)c2ccc(NC)cc2)s1. The molecule has 1 aromatic carbocycles. The van der Waals surface area contributed by atoms with E-state index in [0.29, 0.717) is 0 Å². The van der Waals surface area contributed by atoms with Gasteiger partial charge in [0, 0.05) is 23.8 Å². The summed E-state index contributed by atoms with van der Waals surface area (Å²) in [7, 11) is -1.70. The molecular formula is C13H17N3O2S2. The lowest BCUT2D eigenvalue weighted by Gasteiger charge is -2.06. The van der Waals surface area contributed by atoms with E-state index in [-0.39, 0.29) is 11.4 Å². The highest BCUT2D eigenvalue weighted by Gasteiger charge is 2.14. The van der Waals surface area contributed by atoms with E-state index in [1.54, 1.807) is 37.5 Å². The lowest BCUT2D eigenvalue weighted by Crippen LogP contribution is -2.23. The fourth-order valence-corrected chi connectivity index (χ4v) is 3.52. The number of benzene rings is 1. The highest BCUT2D eigenvalue weighted by atomic mass is 32.2. The first-order chi connectivity index (χ1) is 9.55. The molecule has 0 spiro atoms. The normalized spacial score (nSPS) is 11.5. The van der Waals surface area contributed by atoms with Crippen molar-refractivity contribution in [1.29, 1.82) is 0 Å². The van der Waals surface area contributed by atoms with Crippen molar-refractivity contribution in [2.45, 2.75) is 24.8 Å². The molecule has 0 unspecified atom stereocenters. The number of anilines is 1. The van der Waals surface area contributed by atoms with Crippen molar-refractivity contribution in [2.24, 2.45) is 0 Å². The molecule has 0 aliphatic rings. The molecule has 1 heterocycles. The number of rotatable bonds is 6. The van der Waals surface area contributed by atoms with Gasteiger partial charge in [0.15, 0.2) is 0 Å². The number of nitrogens with zero attached hydrogens (tertiary/aromatic N) is 1. The van der Waals surface area contributed by atoms with Crippen molar-refractivity contribution < 1.29 is 8.42 Å². The lowest BCUT2D eigenvalue weighted by atomic mass is 10.3. The Bertz CT molecular complexity index is 663. The summed E-state index contributed by atoms with van der Waals surface area (Å²) in [6, 6.07) is 6.61. The summed E-state index contributed by atoms with van der Waals surface area (Å²) in [5, 5.41) is 3.72. The van der Waals surface area contributed by atoms with E-state index < -0.39 is 10.0 Å². The van der Waals surface area contributed by atoms with Crippen LogP contribution in [0.3, 0.4) is 0 Å². The standard InChI is InChI=1S/C13H17N3O2S2/c1-3-11-8-15-13(19-11)9-16-20(17,18)12-6-4-10(14-2)5-7-12/h4-8,14,16H,3,9H2,1-2H3. The molecule has 5 nitrogen and oxygen atoms in total. The van der Waals surface area contributed by atoms with Gasteiger partial charge in [-0.25, -0.2) is 18.1 Å². The molecule has 0 aliphatic carbocycles. The second-order valence-electron chi connectivity index (χ2n) is 4.17. The summed E-state index contributed by atoms with van der Waals surface area (Å²) >= 11 is 1.53. The summed E-state index contributed by atoms with van der Waals surface area (Å²) < 4.78 is 26.8. The summed E-state index contributed by atoms with van der Waals surface area (Å²) in [5.41, 5.74) is 0.872. The van der Waals surface area contributed by atoms with Crippen molar-refractivity contribution in [3.63, 3.8) is 0 Å². The smallest absolute Gasteiger partial charge is 0.240 e. The minimum Gasteiger partial charge on any atom is -0.388 e. The molecule has 2 aromatic rings. The molecule has 0 atom stereocenters. The second kappa shape index (κ2) is 6.34. The summed E-state index contributed by atoms with van der Waals surface area (Å²) in [4.78, 5) is 5.60. The fourth-order valence-electron chi connectivity index (χ4n) is 1.63. The first kappa shape index (κ1) is 15.0. The molecule has 2 N–H and O–H groups in total. The van der Waals surface area contributed by atoms with Gasteiger partial charge in [-0.3, -0.25) is 0 Å². The summed E-state index contributed by atoms with van der Waals surface area (Å²) in [6.45, 7) is 2.27. The van der Waals surface area contributed by atoms with Gasteiger partial charge in [-0.2, -0.15) is 0 Å². The Morgan fingerprint density at radius 1 is 1.25 bits per heavy atom. The van der Waals surface area contributed by atoms with Gasteiger partial charge in [-0.1, -0.05) is 6.92 Å². The number of nitrogens with one attached hydrogen (secondary N) is 2. The number of thiazole rings is 1. The second-order valence-corrected chi connectivity index (χ2v) is 7.14. The Morgan fingerprint density at radius 3 is 2.50 bits per heavy atom. The largest absolute Gasteiger partial charge is 0.388 e. The zero-order valence-corrected chi connectivity index (χ0v) is 13.0. The summed E-state index contributed by atoms with van der Waals surface area (Å²) in [5.74, 6) is 0. The van der Waals surface area contributed by atoms with Gasteiger partial charge in [-0.15, -0.1) is 11.3 Å². The van der Waals surface area contributed by atoms with Gasteiger partial charge < -0.3 is 5.32 Å². The lowest BCUT2D eigenvalue weighted by molar-refractivity contribution is 0.581. The van der Waals surface area contributed by atoms with Gasteiger partial charge in [0.2, 0.25) is 10.0 Å². The molecule has 1 aromatic heterocycles. The predicted octanol–water partition coefficient (Wildman–Crippen LogP) is 2.23. The van der Waals surface area contributed by atoms with Crippen LogP contribution < -0.4 is 10.0 Å². The van der Waals surface area contributed by atoms with Crippen molar-refractivity contribution >= 4 is 27.0 Å². The zero-order valence-electron chi connectivity index (χ0n) is 11.4. The molecule has 2 rings (SSSR count). The van der Waals surface area contributed by atoms with Crippen LogP contribution in [0.2, 0.25) is 0 Å². The zero-order chi connectivity index (χ0) is 14.6. The third kappa shape index (κ3) is 3.56. The quantitative estimate of drug-likeness (QED) is 0.858. The van der Waals surface area contributed by atoms with Gasteiger partial charge in [0.1, 0.15) is 5.01 Å². The minimum atomic E-state index is -3.49. The van der Waals surface area contributed by atoms with Crippen molar-refractivity contribution in [2.75, 3.05) is 12.4 Å². The summed E-state index contributed by atoms with van der Waals surface area (Å²) in [6.07, 6.45) is 2.70. The number of hydrogen-bond donors (Lipinski definition) is 2. The van der Waals surface area contributed by atoms with Gasteiger partial charge in [-0.05, 0) is 30.7 Å². The molecule has 0 amide bonds. The van der Waals surface area contributed by atoms with Crippen LogP contribution in [-0.4, -0.2) is 20.4 Å². The molecule has 0 bridgehead atoms. The van der Waals surface area contributed by atoms with Gasteiger partial charge in [0.25, 0.3) is 0 Å². The van der Waals surface area contributed by atoms with Crippen LogP contribution in [0.4, 0.5) is 5.69 Å². The molecule has 0 saturated heterocycles. The van der Waals surface area contributed by atoms with Crippen LogP contribution in [-0.2, 0) is 23.0 Å². The molecule has 0 fully saturated rings. The third-order valence-electron chi connectivity index (χ3n) is 2.82. The Kier molecular flexibility index (Phi) is 4.74. The topological polar surface area (TPSA) is 71.1 Å². The van der Waals surface area contributed by atoms with Crippen LogP contribution in [0, 0.1) is 0 Å². The van der Waals surface area contributed by atoms with Crippen LogP contribution >= 0.6 is 11.3 Å². The number of aromatic nitrogens is 1. The van der Waals surface area contributed by atoms with E-state index >= 15 is 0 Å². The van der Waals surface area contributed by atoms with E-state index in [9.17, 15) is 8.42 Å². The Balaban J connectivity index is 2.06. The van der Waals surface area contributed by atoms with Crippen LogP contribution in [0.1, 0.15) is 16.8 Å². The van der Waals surface area contributed by atoms with E-state index in [2.05, 4.69) is 15.0 Å². The van der Waals surface area contributed by atoms with E-state index in [1.807, 2.05) is 6.92 Å². The molecule has 20 heavy (non-hydrogen) atoms. The average Bonchev–Trinajstić information content (AvgIpc) is 2.93. The maximum atomic E-state index is 12.1. The van der Waals surface area contributed by atoms with E-state index in [1.165, 1.54) is 11.3 Å². The molecule has 0 aliphatic heterocycles. The minimum absolute atomic E-state index is 0.223. The number of aryl methyl sites for hydroxylation is 1. The predicted molar refractivity (Wildman–Crippen MR) is 81.5 cm³/mol. The maximum Gasteiger partial charge on any atom is 0.240 e. The van der Waals surface area contributed by atoms with Crippen LogP contribution in [0.15, 0.2) is 35.4 Å². The maximum absolute atomic E-state index is 12.1. The molecule has 0 radical (unpaired) electrons. The molecule has 7 heteroatoms.